The van der Waals surface area contributed by atoms with E-state index in [1.54, 1.807) is 16.6 Å². The third-order valence-corrected chi connectivity index (χ3v) is 3.70. The second-order valence-corrected chi connectivity index (χ2v) is 5.40. The minimum atomic E-state index is -0.565. The highest BCUT2D eigenvalue weighted by Crippen LogP contribution is 2.21. The van der Waals surface area contributed by atoms with Gasteiger partial charge >= 0.3 is 0 Å². The SMILES string of the molecule is NC(=O)c1ccc(Nc2nc3cccc(-c4ccccc4)n3n2)cn1.[HH]. The molecule has 0 unspecified atom stereocenters. The van der Waals surface area contributed by atoms with Gasteiger partial charge in [-0.15, -0.1) is 5.10 Å². The van der Waals surface area contributed by atoms with Crippen LogP contribution >= 0.6 is 0 Å². The molecular formula is C18H16N6O. The average Bonchev–Trinajstić information content (AvgIpc) is 3.05. The second kappa shape index (κ2) is 6.04. The van der Waals surface area contributed by atoms with Gasteiger partial charge in [0.05, 0.1) is 17.6 Å². The Hall–Kier alpha value is -3.74. The minimum Gasteiger partial charge on any atom is -0.364 e. The van der Waals surface area contributed by atoms with Gasteiger partial charge in [0, 0.05) is 6.99 Å². The van der Waals surface area contributed by atoms with Gasteiger partial charge in [-0.2, -0.15) is 4.98 Å². The molecule has 7 heteroatoms. The predicted molar refractivity (Wildman–Crippen MR) is 96.6 cm³/mol. The Balaban J connectivity index is 0.00000196. The van der Waals surface area contributed by atoms with Gasteiger partial charge in [-0.1, -0.05) is 36.4 Å². The summed E-state index contributed by atoms with van der Waals surface area (Å²) in [6.07, 6.45) is 1.52. The lowest BCUT2D eigenvalue weighted by molar-refractivity contribution is 0.0995. The third-order valence-electron chi connectivity index (χ3n) is 3.70. The van der Waals surface area contributed by atoms with Gasteiger partial charge in [-0.05, 0) is 24.3 Å². The molecule has 0 bridgehead atoms. The Kier molecular flexibility index (Phi) is 3.59. The first kappa shape index (κ1) is 14.8. The standard InChI is InChI=1S/C18H14N6O.H2/c19-17(25)14-10-9-13(11-20-14)21-18-22-16-8-4-7-15(24(16)23-18)12-5-2-1-3-6-12;/h1-11H,(H2,19,25)(H,21,23);1H. The molecule has 0 saturated heterocycles. The van der Waals surface area contributed by atoms with Crippen LogP contribution in [0.4, 0.5) is 11.6 Å². The smallest absolute Gasteiger partial charge is 0.267 e. The van der Waals surface area contributed by atoms with E-state index in [1.165, 1.54) is 6.20 Å². The van der Waals surface area contributed by atoms with Crippen LogP contribution in [-0.4, -0.2) is 25.5 Å². The number of nitrogens with two attached hydrogens (primary N) is 1. The van der Waals surface area contributed by atoms with Crippen LogP contribution < -0.4 is 11.1 Å². The number of fused-ring (bicyclic) bond motifs is 1. The number of amides is 1. The van der Waals surface area contributed by atoms with Gasteiger partial charge in [-0.3, -0.25) is 4.79 Å². The number of carbonyl (C=O) groups excluding carboxylic acids is 1. The monoisotopic (exact) mass is 332 g/mol. The maximum atomic E-state index is 11.1. The van der Waals surface area contributed by atoms with Crippen LogP contribution in [0.25, 0.3) is 16.9 Å². The van der Waals surface area contributed by atoms with E-state index >= 15 is 0 Å². The molecule has 4 rings (SSSR count). The normalized spacial score (nSPS) is 10.7. The van der Waals surface area contributed by atoms with Crippen molar-refractivity contribution in [2.24, 2.45) is 5.73 Å². The van der Waals surface area contributed by atoms with Crippen LogP contribution in [-0.2, 0) is 0 Å². The summed E-state index contributed by atoms with van der Waals surface area (Å²) in [5.41, 5.74) is 8.79. The van der Waals surface area contributed by atoms with Crippen molar-refractivity contribution in [3.8, 4) is 11.3 Å². The number of carbonyl (C=O) groups is 1. The Morgan fingerprint density at radius 2 is 1.88 bits per heavy atom. The highest BCUT2D eigenvalue weighted by Gasteiger charge is 2.09. The maximum Gasteiger partial charge on any atom is 0.267 e. The quantitative estimate of drug-likeness (QED) is 0.599. The van der Waals surface area contributed by atoms with E-state index in [0.29, 0.717) is 11.6 Å². The van der Waals surface area contributed by atoms with Crippen molar-refractivity contribution in [3.05, 3.63) is 72.6 Å². The van der Waals surface area contributed by atoms with Crippen molar-refractivity contribution >= 4 is 23.2 Å². The van der Waals surface area contributed by atoms with Crippen LogP contribution in [0, 0.1) is 0 Å². The molecule has 0 fully saturated rings. The van der Waals surface area contributed by atoms with Gasteiger partial charge in [0.1, 0.15) is 5.69 Å². The molecule has 1 amide bonds. The molecule has 0 aliphatic rings. The fraction of sp³-hybridized carbons (Fsp3) is 0. The molecule has 25 heavy (non-hydrogen) atoms. The Labute approximate surface area is 144 Å². The summed E-state index contributed by atoms with van der Waals surface area (Å²) in [5.74, 6) is -0.123. The fourth-order valence-corrected chi connectivity index (χ4v) is 2.53. The number of rotatable bonds is 4. The fourth-order valence-electron chi connectivity index (χ4n) is 2.53. The number of anilines is 2. The summed E-state index contributed by atoms with van der Waals surface area (Å²) in [6, 6.07) is 19.1. The van der Waals surface area contributed by atoms with Gasteiger partial charge < -0.3 is 11.1 Å². The second-order valence-electron chi connectivity index (χ2n) is 5.40. The number of benzene rings is 1. The number of hydrogen-bond donors (Lipinski definition) is 2. The van der Waals surface area contributed by atoms with Gasteiger partial charge in [-0.25, -0.2) is 9.50 Å². The molecule has 3 aromatic heterocycles. The molecule has 124 valence electrons. The largest absolute Gasteiger partial charge is 0.364 e. The summed E-state index contributed by atoms with van der Waals surface area (Å²) in [5, 5.41) is 7.60. The number of aromatic nitrogens is 4. The zero-order chi connectivity index (χ0) is 17.2. The molecule has 0 radical (unpaired) electrons. The molecule has 3 heterocycles. The molecule has 0 spiro atoms. The van der Waals surface area contributed by atoms with Crippen LogP contribution in [0.2, 0.25) is 0 Å². The number of nitrogens with zero attached hydrogens (tertiary/aromatic N) is 4. The van der Waals surface area contributed by atoms with Crippen LogP contribution in [0.15, 0.2) is 66.9 Å². The van der Waals surface area contributed by atoms with Crippen LogP contribution in [0.1, 0.15) is 11.9 Å². The van der Waals surface area contributed by atoms with Crippen molar-refractivity contribution < 1.29 is 6.22 Å². The van der Waals surface area contributed by atoms with Crippen molar-refractivity contribution in [1.82, 2.24) is 19.6 Å². The van der Waals surface area contributed by atoms with Gasteiger partial charge in [0.15, 0.2) is 5.65 Å². The summed E-state index contributed by atoms with van der Waals surface area (Å²) in [6.45, 7) is 0. The Bertz CT molecular complexity index is 1050. The Morgan fingerprint density at radius 3 is 2.60 bits per heavy atom. The minimum absolute atomic E-state index is 0. The van der Waals surface area contributed by atoms with E-state index in [4.69, 9.17) is 5.73 Å². The third kappa shape index (κ3) is 2.90. The first-order valence-electron chi connectivity index (χ1n) is 7.65. The lowest BCUT2D eigenvalue weighted by atomic mass is 10.1. The first-order valence-corrected chi connectivity index (χ1v) is 7.65. The molecule has 4 aromatic rings. The molecule has 0 aliphatic carbocycles. The van der Waals surface area contributed by atoms with Crippen molar-refractivity contribution in [2.75, 3.05) is 5.32 Å². The first-order chi connectivity index (χ1) is 12.2. The molecule has 0 aliphatic heterocycles. The van der Waals surface area contributed by atoms with Gasteiger partial charge in [0.25, 0.3) is 5.91 Å². The van der Waals surface area contributed by atoms with Crippen molar-refractivity contribution in [1.29, 1.82) is 0 Å². The van der Waals surface area contributed by atoms with E-state index in [0.717, 1.165) is 16.9 Å². The lowest BCUT2D eigenvalue weighted by Gasteiger charge is -2.03. The highest BCUT2D eigenvalue weighted by molar-refractivity contribution is 5.90. The van der Waals surface area contributed by atoms with E-state index in [1.807, 2.05) is 48.5 Å². The predicted octanol–water partition coefficient (Wildman–Crippen LogP) is 2.88. The molecule has 1 aromatic carbocycles. The number of nitrogens with one attached hydrogen (secondary N) is 1. The summed E-state index contributed by atoms with van der Waals surface area (Å²) >= 11 is 0. The topological polar surface area (TPSA) is 98.2 Å². The number of primary amides is 1. The average molecular weight is 332 g/mol. The Morgan fingerprint density at radius 1 is 1.04 bits per heavy atom. The summed E-state index contributed by atoms with van der Waals surface area (Å²) in [7, 11) is 0. The van der Waals surface area contributed by atoms with E-state index in [2.05, 4.69) is 20.4 Å². The van der Waals surface area contributed by atoms with E-state index < -0.39 is 5.91 Å². The van der Waals surface area contributed by atoms with Crippen LogP contribution in [0.5, 0.6) is 0 Å². The van der Waals surface area contributed by atoms with E-state index in [-0.39, 0.29) is 7.12 Å². The molecule has 0 atom stereocenters. The maximum absolute atomic E-state index is 11.1. The summed E-state index contributed by atoms with van der Waals surface area (Å²) in [4.78, 5) is 19.5. The molecule has 3 N–H and O–H groups in total. The lowest BCUT2D eigenvalue weighted by Crippen LogP contribution is -2.12. The zero-order valence-electron chi connectivity index (χ0n) is 13.1. The summed E-state index contributed by atoms with van der Waals surface area (Å²) < 4.78 is 1.78. The van der Waals surface area contributed by atoms with Crippen LogP contribution in [0.3, 0.4) is 0 Å². The highest BCUT2D eigenvalue weighted by atomic mass is 16.1. The van der Waals surface area contributed by atoms with E-state index in [9.17, 15) is 4.79 Å². The molecule has 0 saturated carbocycles. The zero-order valence-corrected chi connectivity index (χ0v) is 13.1. The van der Waals surface area contributed by atoms with Crippen molar-refractivity contribution in [2.45, 2.75) is 0 Å². The number of pyridine rings is 2. The number of hydrogen-bond acceptors (Lipinski definition) is 5. The molecular weight excluding hydrogens is 316 g/mol. The van der Waals surface area contributed by atoms with Gasteiger partial charge in [0.2, 0.25) is 5.95 Å². The molecule has 7 nitrogen and oxygen atoms in total. The van der Waals surface area contributed by atoms with Crippen molar-refractivity contribution in [3.63, 3.8) is 0 Å².